The molecule has 7 nitrogen and oxygen atoms in total. The van der Waals surface area contributed by atoms with E-state index in [0.29, 0.717) is 11.6 Å². The number of rotatable bonds is 9. The summed E-state index contributed by atoms with van der Waals surface area (Å²) in [6.07, 6.45) is -1.12. The largest absolute Gasteiger partial charge is 0.453 e. The zero-order valence-electron chi connectivity index (χ0n) is 14.4. The predicted molar refractivity (Wildman–Crippen MR) is 94.7 cm³/mol. The Morgan fingerprint density at radius 2 is 1.76 bits per heavy atom. The zero-order chi connectivity index (χ0) is 19.0. The van der Waals surface area contributed by atoms with Crippen LogP contribution in [0.1, 0.15) is 27.2 Å². The third-order valence-corrected chi connectivity index (χ3v) is 4.84. The van der Waals surface area contributed by atoms with Gasteiger partial charge in [0.2, 0.25) is 10.0 Å². The van der Waals surface area contributed by atoms with Crippen LogP contribution >= 0.6 is 11.6 Å². The summed E-state index contributed by atoms with van der Waals surface area (Å²) in [6, 6.07) is 5.65. The van der Waals surface area contributed by atoms with E-state index in [1.807, 2.05) is 13.8 Å². The Labute approximate surface area is 153 Å². The highest BCUT2D eigenvalue weighted by Crippen LogP contribution is 2.13. The van der Waals surface area contributed by atoms with Crippen molar-refractivity contribution in [1.29, 1.82) is 0 Å². The van der Waals surface area contributed by atoms with Crippen molar-refractivity contribution in [2.75, 3.05) is 13.1 Å². The van der Waals surface area contributed by atoms with Crippen molar-refractivity contribution >= 4 is 33.5 Å². The van der Waals surface area contributed by atoms with E-state index >= 15 is 0 Å². The minimum Gasteiger partial charge on any atom is -0.453 e. The maximum Gasteiger partial charge on any atom is 0.307 e. The Kier molecular flexibility index (Phi) is 8.34. The molecule has 1 amide bonds. The predicted octanol–water partition coefficient (Wildman–Crippen LogP) is 1.71. The number of carbonyl (C=O) groups is 2. The van der Waals surface area contributed by atoms with Gasteiger partial charge in [0.25, 0.3) is 5.91 Å². The molecule has 1 rings (SSSR count). The van der Waals surface area contributed by atoms with Crippen LogP contribution in [0.5, 0.6) is 0 Å². The summed E-state index contributed by atoms with van der Waals surface area (Å²) in [5.74, 6) is -0.760. The van der Waals surface area contributed by atoms with Crippen LogP contribution < -0.4 is 10.0 Å². The summed E-state index contributed by atoms with van der Waals surface area (Å²) in [6.45, 7) is 5.71. The van der Waals surface area contributed by atoms with Crippen molar-refractivity contribution in [3.8, 4) is 0 Å². The monoisotopic (exact) mass is 390 g/mol. The minimum absolute atomic E-state index is 0.0479. The second-order valence-corrected chi connectivity index (χ2v) is 8.08. The second-order valence-electron chi connectivity index (χ2n) is 5.87. The first-order valence-electron chi connectivity index (χ1n) is 7.84. The van der Waals surface area contributed by atoms with Crippen LogP contribution in [0.2, 0.25) is 5.02 Å². The maximum absolute atomic E-state index is 12.0. The maximum atomic E-state index is 12.0. The molecule has 1 aromatic rings. The van der Waals surface area contributed by atoms with Gasteiger partial charge in [0, 0.05) is 18.1 Å². The lowest BCUT2D eigenvalue weighted by molar-refractivity contribution is -0.154. The fourth-order valence-corrected chi connectivity index (χ4v) is 2.90. The van der Waals surface area contributed by atoms with Gasteiger partial charge in [-0.3, -0.25) is 9.59 Å². The van der Waals surface area contributed by atoms with Gasteiger partial charge in [-0.2, -0.15) is 0 Å². The van der Waals surface area contributed by atoms with Crippen molar-refractivity contribution < 1.29 is 22.7 Å². The Hall–Kier alpha value is -1.64. The molecule has 1 atom stereocenters. The van der Waals surface area contributed by atoms with Crippen molar-refractivity contribution in [3.05, 3.63) is 29.3 Å². The molecule has 0 aromatic heterocycles. The number of carbonyl (C=O) groups excluding carboxylic acids is 2. The van der Waals surface area contributed by atoms with Crippen LogP contribution in [-0.4, -0.2) is 39.5 Å². The van der Waals surface area contributed by atoms with Gasteiger partial charge >= 0.3 is 5.97 Å². The molecule has 0 spiro atoms. The van der Waals surface area contributed by atoms with Crippen molar-refractivity contribution in [2.24, 2.45) is 5.92 Å². The lowest BCUT2D eigenvalue weighted by Gasteiger charge is -2.14. The highest BCUT2D eigenvalue weighted by atomic mass is 35.5. The molecule has 0 aliphatic rings. The number of ether oxygens (including phenoxy) is 1. The van der Waals surface area contributed by atoms with Crippen LogP contribution in [-0.2, 0) is 24.3 Å². The Morgan fingerprint density at radius 1 is 1.16 bits per heavy atom. The average molecular weight is 391 g/mol. The fraction of sp³-hybridized carbons (Fsp3) is 0.500. The van der Waals surface area contributed by atoms with E-state index in [2.05, 4.69) is 10.0 Å². The Balaban J connectivity index is 2.41. The molecule has 140 valence electrons. The van der Waals surface area contributed by atoms with Crippen LogP contribution in [0.15, 0.2) is 29.2 Å². The zero-order valence-corrected chi connectivity index (χ0v) is 16.0. The lowest BCUT2D eigenvalue weighted by atomic mass is 10.2. The van der Waals surface area contributed by atoms with E-state index in [9.17, 15) is 18.0 Å². The molecule has 0 fully saturated rings. The summed E-state index contributed by atoms with van der Waals surface area (Å²) in [4.78, 5) is 23.5. The van der Waals surface area contributed by atoms with E-state index in [1.165, 1.54) is 31.2 Å². The standard InChI is InChI=1S/C16H23ClN2O5S/c1-11(2)10-18-16(21)12(3)24-15(20)8-9-19-25(22,23)14-6-4-13(17)5-7-14/h4-7,11-12,19H,8-10H2,1-3H3,(H,18,21)/t12-/m0/s1. The first kappa shape index (κ1) is 21.4. The van der Waals surface area contributed by atoms with Gasteiger partial charge in [-0.1, -0.05) is 25.4 Å². The smallest absolute Gasteiger partial charge is 0.307 e. The van der Waals surface area contributed by atoms with E-state index in [1.54, 1.807) is 0 Å². The number of hydrogen-bond donors (Lipinski definition) is 2. The van der Waals surface area contributed by atoms with Crippen LogP contribution in [0.3, 0.4) is 0 Å². The average Bonchev–Trinajstić information content (AvgIpc) is 2.52. The molecule has 1 aromatic carbocycles. The van der Waals surface area contributed by atoms with Crippen LogP contribution in [0, 0.1) is 5.92 Å². The van der Waals surface area contributed by atoms with Gasteiger partial charge in [0.1, 0.15) is 0 Å². The normalized spacial score (nSPS) is 12.7. The molecule has 0 saturated heterocycles. The fourth-order valence-electron chi connectivity index (χ4n) is 1.74. The van der Waals surface area contributed by atoms with Crippen LogP contribution in [0.4, 0.5) is 0 Å². The van der Waals surface area contributed by atoms with Gasteiger partial charge in [-0.25, -0.2) is 13.1 Å². The first-order valence-corrected chi connectivity index (χ1v) is 9.70. The molecule has 0 radical (unpaired) electrons. The van der Waals surface area contributed by atoms with Crippen LogP contribution in [0.25, 0.3) is 0 Å². The Bertz CT molecular complexity index is 689. The number of nitrogens with one attached hydrogen (secondary N) is 2. The molecule has 0 aliphatic carbocycles. The van der Waals surface area contributed by atoms with Gasteiger partial charge in [0.05, 0.1) is 11.3 Å². The summed E-state index contributed by atoms with van der Waals surface area (Å²) in [7, 11) is -3.73. The van der Waals surface area contributed by atoms with Gasteiger partial charge in [-0.05, 0) is 37.1 Å². The molecular formula is C16H23ClN2O5S. The van der Waals surface area contributed by atoms with Crippen molar-refractivity contribution in [2.45, 2.75) is 38.2 Å². The van der Waals surface area contributed by atoms with E-state index in [-0.39, 0.29) is 29.7 Å². The molecule has 25 heavy (non-hydrogen) atoms. The topological polar surface area (TPSA) is 102 Å². The van der Waals surface area contributed by atoms with Crippen molar-refractivity contribution in [1.82, 2.24) is 10.0 Å². The summed E-state index contributed by atoms with van der Waals surface area (Å²) in [5.41, 5.74) is 0. The molecular weight excluding hydrogens is 368 g/mol. The molecule has 0 bridgehead atoms. The SMILES string of the molecule is CC(C)CNC(=O)[C@H](C)OC(=O)CCNS(=O)(=O)c1ccc(Cl)cc1. The first-order chi connectivity index (χ1) is 11.6. The molecule has 9 heteroatoms. The number of amides is 1. The van der Waals surface area contributed by atoms with Gasteiger partial charge in [-0.15, -0.1) is 0 Å². The number of benzene rings is 1. The van der Waals surface area contributed by atoms with Gasteiger partial charge < -0.3 is 10.1 Å². The summed E-state index contributed by atoms with van der Waals surface area (Å²) in [5, 5.41) is 3.08. The molecule has 0 unspecified atom stereocenters. The lowest BCUT2D eigenvalue weighted by Crippen LogP contribution is -2.38. The van der Waals surface area contributed by atoms with E-state index < -0.39 is 22.1 Å². The number of hydrogen-bond acceptors (Lipinski definition) is 5. The minimum atomic E-state index is -3.73. The van der Waals surface area contributed by atoms with E-state index in [0.717, 1.165) is 0 Å². The number of halogens is 1. The number of esters is 1. The van der Waals surface area contributed by atoms with Crippen molar-refractivity contribution in [3.63, 3.8) is 0 Å². The highest BCUT2D eigenvalue weighted by Gasteiger charge is 2.19. The summed E-state index contributed by atoms with van der Waals surface area (Å²) < 4.78 is 31.3. The third-order valence-electron chi connectivity index (χ3n) is 3.11. The summed E-state index contributed by atoms with van der Waals surface area (Å²) >= 11 is 5.71. The quantitative estimate of drug-likeness (QED) is 0.625. The molecule has 0 saturated carbocycles. The highest BCUT2D eigenvalue weighted by molar-refractivity contribution is 7.89. The number of sulfonamides is 1. The molecule has 2 N–H and O–H groups in total. The second kappa shape index (κ2) is 9.74. The Morgan fingerprint density at radius 3 is 2.32 bits per heavy atom. The molecule has 0 aliphatic heterocycles. The van der Waals surface area contributed by atoms with E-state index in [4.69, 9.17) is 16.3 Å². The third kappa shape index (κ3) is 7.85. The van der Waals surface area contributed by atoms with Gasteiger partial charge in [0.15, 0.2) is 6.10 Å². The molecule has 0 heterocycles.